The summed E-state index contributed by atoms with van der Waals surface area (Å²) in [6.07, 6.45) is 0. The molecule has 1 unspecified atom stereocenters. The second-order valence-corrected chi connectivity index (χ2v) is 7.46. The van der Waals surface area contributed by atoms with Crippen molar-refractivity contribution in [2.45, 2.75) is 33.7 Å². The Bertz CT molecular complexity index is 904. The Morgan fingerprint density at radius 1 is 1.03 bits per heavy atom. The third-order valence-corrected chi connectivity index (χ3v) is 4.91. The number of methoxy groups -OCH3 is 2. The first-order chi connectivity index (χ1) is 14.2. The molecular weight excluding hydrogens is 382 g/mol. The topological polar surface area (TPSA) is 79.9 Å². The van der Waals surface area contributed by atoms with Crippen molar-refractivity contribution in [3.8, 4) is 11.5 Å². The van der Waals surface area contributed by atoms with Crippen LogP contribution in [0.5, 0.6) is 11.5 Å². The summed E-state index contributed by atoms with van der Waals surface area (Å²) in [5.41, 5.74) is 4.70. The fourth-order valence-corrected chi connectivity index (χ4v) is 3.39. The molecule has 7 nitrogen and oxygen atoms in total. The summed E-state index contributed by atoms with van der Waals surface area (Å²) in [7, 11) is 4.74. The zero-order valence-corrected chi connectivity index (χ0v) is 18.8. The van der Waals surface area contributed by atoms with Gasteiger partial charge in [0.25, 0.3) is 0 Å². The van der Waals surface area contributed by atoms with E-state index in [0.717, 1.165) is 27.9 Å². The summed E-state index contributed by atoms with van der Waals surface area (Å²) in [6.45, 7) is 7.70. The van der Waals surface area contributed by atoms with E-state index < -0.39 is 0 Å². The number of hydrogen-bond donors (Lipinski definition) is 2. The van der Waals surface area contributed by atoms with Crippen molar-refractivity contribution in [2.24, 2.45) is 0 Å². The maximum Gasteiger partial charge on any atom is 0.318 e. The maximum atomic E-state index is 12.6. The van der Waals surface area contributed by atoms with Gasteiger partial charge in [-0.25, -0.2) is 4.79 Å². The molecule has 3 amide bonds. The number of likely N-dealkylation sites (N-methyl/N-ethyl adjacent to an activating group) is 1. The molecule has 0 saturated carbocycles. The van der Waals surface area contributed by atoms with Gasteiger partial charge in [-0.05, 0) is 57.0 Å². The first-order valence-corrected chi connectivity index (χ1v) is 9.77. The second-order valence-electron chi connectivity index (χ2n) is 7.46. The van der Waals surface area contributed by atoms with E-state index in [1.807, 2.05) is 45.9 Å². The first-order valence-electron chi connectivity index (χ1n) is 9.77. The van der Waals surface area contributed by atoms with Gasteiger partial charge in [0.05, 0.1) is 20.3 Å². The van der Waals surface area contributed by atoms with E-state index in [4.69, 9.17) is 9.47 Å². The van der Waals surface area contributed by atoms with Gasteiger partial charge in [0.1, 0.15) is 18.0 Å². The Balaban J connectivity index is 2.02. The number of aryl methyl sites for hydroxylation is 3. The van der Waals surface area contributed by atoms with Gasteiger partial charge >= 0.3 is 6.03 Å². The quantitative estimate of drug-likeness (QED) is 0.720. The van der Waals surface area contributed by atoms with Crippen molar-refractivity contribution in [3.63, 3.8) is 0 Å². The minimum absolute atomic E-state index is 0.0689. The van der Waals surface area contributed by atoms with Crippen LogP contribution in [0.1, 0.15) is 35.2 Å². The summed E-state index contributed by atoms with van der Waals surface area (Å²) in [6, 6.07) is 8.74. The SMILES string of the molecule is COc1ccc(OC)c(C(C)NC(=O)N(C)CC(=O)Nc2c(C)cc(C)cc2C)c1. The van der Waals surface area contributed by atoms with Crippen LogP contribution in [0.3, 0.4) is 0 Å². The second kappa shape index (κ2) is 10.0. The summed E-state index contributed by atoms with van der Waals surface area (Å²) in [5.74, 6) is 1.06. The van der Waals surface area contributed by atoms with Gasteiger partial charge in [-0.3, -0.25) is 4.79 Å². The molecule has 2 N–H and O–H groups in total. The number of nitrogens with one attached hydrogen (secondary N) is 2. The lowest BCUT2D eigenvalue weighted by Crippen LogP contribution is -2.42. The molecular formula is C23H31N3O4. The lowest BCUT2D eigenvalue weighted by atomic mass is 10.1. The number of anilines is 1. The van der Waals surface area contributed by atoms with Gasteiger partial charge in [0.2, 0.25) is 5.91 Å². The molecule has 2 aromatic rings. The van der Waals surface area contributed by atoms with Gasteiger partial charge in [0.15, 0.2) is 0 Å². The minimum Gasteiger partial charge on any atom is -0.497 e. The standard InChI is InChI=1S/C23H31N3O4/c1-14-10-15(2)22(16(3)11-14)25-21(27)13-26(5)23(28)24-17(4)19-12-18(29-6)8-9-20(19)30-7/h8-12,17H,13H2,1-7H3,(H,24,28)(H,25,27). The van der Waals surface area contributed by atoms with Crippen LogP contribution in [-0.2, 0) is 4.79 Å². The highest BCUT2D eigenvalue weighted by atomic mass is 16.5. The number of benzene rings is 2. The Hall–Kier alpha value is -3.22. The number of amides is 3. The zero-order valence-electron chi connectivity index (χ0n) is 18.8. The molecule has 7 heteroatoms. The monoisotopic (exact) mass is 413 g/mol. The fourth-order valence-electron chi connectivity index (χ4n) is 3.39. The van der Waals surface area contributed by atoms with E-state index in [1.54, 1.807) is 33.4 Å². The number of nitrogens with zero attached hydrogens (tertiary/aromatic N) is 1. The molecule has 30 heavy (non-hydrogen) atoms. The fraction of sp³-hybridized carbons (Fsp3) is 0.391. The molecule has 162 valence electrons. The number of ether oxygens (including phenoxy) is 2. The van der Waals surface area contributed by atoms with Crippen molar-refractivity contribution in [2.75, 3.05) is 33.1 Å². The van der Waals surface area contributed by atoms with Crippen molar-refractivity contribution in [3.05, 3.63) is 52.6 Å². The average molecular weight is 414 g/mol. The molecule has 0 aliphatic heterocycles. The molecule has 1 atom stereocenters. The van der Waals surface area contributed by atoms with Gasteiger partial charge in [-0.1, -0.05) is 17.7 Å². The molecule has 0 aliphatic rings. The Kier molecular flexibility index (Phi) is 7.69. The number of urea groups is 1. The lowest BCUT2D eigenvalue weighted by molar-refractivity contribution is -0.116. The Morgan fingerprint density at radius 2 is 1.67 bits per heavy atom. The van der Waals surface area contributed by atoms with Crippen LogP contribution < -0.4 is 20.1 Å². The number of hydrogen-bond acceptors (Lipinski definition) is 4. The van der Waals surface area contributed by atoms with E-state index in [-0.39, 0.29) is 24.5 Å². The van der Waals surface area contributed by atoms with E-state index in [9.17, 15) is 9.59 Å². The smallest absolute Gasteiger partial charge is 0.318 e. The molecule has 0 fully saturated rings. The highest BCUT2D eigenvalue weighted by Crippen LogP contribution is 2.29. The van der Waals surface area contributed by atoms with Gasteiger partial charge in [0, 0.05) is 18.3 Å². The van der Waals surface area contributed by atoms with Gasteiger partial charge in [-0.2, -0.15) is 0 Å². The number of carbonyl (C=O) groups excluding carboxylic acids is 2. The first kappa shape index (κ1) is 23.1. The molecule has 0 bridgehead atoms. The van der Waals surface area contributed by atoms with Crippen molar-refractivity contribution >= 4 is 17.6 Å². The molecule has 0 saturated heterocycles. The van der Waals surface area contributed by atoms with E-state index in [1.165, 1.54) is 4.90 Å². The average Bonchev–Trinajstić information content (AvgIpc) is 2.69. The normalized spacial score (nSPS) is 11.4. The molecule has 0 heterocycles. The Labute approximate surface area is 178 Å². The molecule has 2 rings (SSSR count). The van der Waals surface area contributed by atoms with E-state index in [2.05, 4.69) is 10.6 Å². The van der Waals surface area contributed by atoms with Crippen LogP contribution in [-0.4, -0.2) is 44.7 Å². The predicted molar refractivity (Wildman–Crippen MR) is 118 cm³/mol. The summed E-state index contributed by atoms with van der Waals surface area (Å²) < 4.78 is 10.6. The Morgan fingerprint density at radius 3 is 2.23 bits per heavy atom. The molecule has 0 radical (unpaired) electrons. The summed E-state index contributed by atoms with van der Waals surface area (Å²) >= 11 is 0. The molecule has 0 aromatic heterocycles. The van der Waals surface area contributed by atoms with E-state index in [0.29, 0.717) is 11.5 Å². The third kappa shape index (κ3) is 5.65. The van der Waals surface area contributed by atoms with Crippen LogP contribution in [0.2, 0.25) is 0 Å². The third-order valence-electron chi connectivity index (χ3n) is 4.91. The van der Waals surface area contributed by atoms with Crippen LogP contribution in [0.4, 0.5) is 10.5 Å². The van der Waals surface area contributed by atoms with Crippen molar-refractivity contribution in [1.29, 1.82) is 0 Å². The van der Waals surface area contributed by atoms with Crippen LogP contribution in [0.25, 0.3) is 0 Å². The summed E-state index contributed by atoms with van der Waals surface area (Å²) in [4.78, 5) is 26.4. The zero-order chi connectivity index (χ0) is 22.4. The number of carbonyl (C=O) groups is 2. The lowest BCUT2D eigenvalue weighted by Gasteiger charge is -2.23. The van der Waals surface area contributed by atoms with Crippen LogP contribution in [0, 0.1) is 20.8 Å². The van der Waals surface area contributed by atoms with Crippen LogP contribution in [0.15, 0.2) is 30.3 Å². The highest BCUT2D eigenvalue weighted by Gasteiger charge is 2.19. The van der Waals surface area contributed by atoms with E-state index >= 15 is 0 Å². The molecule has 0 aliphatic carbocycles. The highest BCUT2D eigenvalue weighted by molar-refractivity contribution is 5.95. The molecule has 0 spiro atoms. The largest absolute Gasteiger partial charge is 0.497 e. The molecule has 2 aromatic carbocycles. The van der Waals surface area contributed by atoms with Crippen molar-refractivity contribution in [1.82, 2.24) is 10.2 Å². The minimum atomic E-state index is -0.361. The number of rotatable bonds is 7. The van der Waals surface area contributed by atoms with Gasteiger partial charge < -0.3 is 25.0 Å². The van der Waals surface area contributed by atoms with Crippen molar-refractivity contribution < 1.29 is 19.1 Å². The summed E-state index contributed by atoms with van der Waals surface area (Å²) in [5, 5.41) is 5.81. The van der Waals surface area contributed by atoms with Crippen LogP contribution >= 0.6 is 0 Å². The maximum absolute atomic E-state index is 12.6. The predicted octanol–water partition coefficient (Wildman–Crippen LogP) is 3.97. The van der Waals surface area contributed by atoms with Gasteiger partial charge in [-0.15, -0.1) is 0 Å².